The van der Waals surface area contributed by atoms with E-state index >= 15 is 0 Å². The van der Waals surface area contributed by atoms with Crippen molar-refractivity contribution in [2.45, 2.75) is 79.2 Å². The Kier molecular flexibility index (Phi) is 6.73. The lowest BCUT2D eigenvalue weighted by molar-refractivity contribution is 0.0341. The Balaban J connectivity index is 1.40. The second-order valence-electron chi connectivity index (χ2n) is 10.8. The van der Waals surface area contributed by atoms with Crippen LogP contribution in [0.25, 0.3) is 0 Å². The molecular weight excluding hydrogens is 318 g/mol. The van der Waals surface area contributed by atoms with Crippen LogP contribution in [0, 0.1) is 16.7 Å². The molecule has 2 aliphatic heterocycles. The van der Waals surface area contributed by atoms with E-state index in [0.717, 1.165) is 12.0 Å². The minimum absolute atomic E-state index is 0.545. The van der Waals surface area contributed by atoms with Gasteiger partial charge >= 0.3 is 0 Å². The molecule has 1 unspecified atom stereocenters. The molecule has 0 aromatic carbocycles. The fourth-order valence-electron chi connectivity index (χ4n) is 5.51. The van der Waals surface area contributed by atoms with E-state index in [1.54, 1.807) is 0 Å². The van der Waals surface area contributed by atoms with Gasteiger partial charge in [-0.05, 0) is 75.3 Å². The van der Waals surface area contributed by atoms with Gasteiger partial charge in [0.25, 0.3) is 0 Å². The van der Waals surface area contributed by atoms with Crippen LogP contribution < -0.4 is 0 Å². The number of nitrogens with zero attached hydrogens (tertiary/aromatic N) is 3. The van der Waals surface area contributed by atoms with Crippen LogP contribution in [0.3, 0.4) is 0 Å². The van der Waals surface area contributed by atoms with Gasteiger partial charge < -0.3 is 9.80 Å². The summed E-state index contributed by atoms with van der Waals surface area (Å²) in [7, 11) is 0. The lowest BCUT2D eigenvalue weighted by Crippen LogP contribution is -2.53. The second-order valence-corrected chi connectivity index (χ2v) is 10.8. The number of piperazine rings is 1. The third kappa shape index (κ3) is 5.45. The number of hydrogen-bond acceptors (Lipinski definition) is 3. The Hall–Kier alpha value is -0.120. The Bertz CT molecular complexity index is 427. The molecule has 2 heterocycles. The van der Waals surface area contributed by atoms with Gasteiger partial charge in [0.15, 0.2) is 0 Å². The molecule has 0 radical (unpaired) electrons. The molecule has 3 fully saturated rings. The first-order valence-corrected chi connectivity index (χ1v) is 11.5. The molecule has 3 heteroatoms. The van der Waals surface area contributed by atoms with Crippen molar-refractivity contribution in [2.75, 3.05) is 52.4 Å². The van der Waals surface area contributed by atoms with Crippen molar-refractivity contribution < 1.29 is 0 Å². The molecule has 0 spiro atoms. The van der Waals surface area contributed by atoms with E-state index in [-0.39, 0.29) is 0 Å². The van der Waals surface area contributed by atoms with Crippen molar-refractivity contribution in [3.63, 3.8) is 0 Å². The summed E-state index contributed by atoms with van der Waals surface area (Å²) in [6.45, 7) is 22.5. The zero-order valence-electron chi connectivity index (χ0n) is 18.4. The van der Waals surface area contributed by atoms with Gasteiger partial charge in [-0.1, -0.05) is 27.7 Å². The van der Waals surface area contributed by atoms with E-state index in [9.17, 15) is 0 Å². The average Bonchev–Trinajstić information content (AvgIpc) is 3.35. The minimum atomic E-state index is 0.545. The third-order valence-corrected chi connectivity index (χ3v) is 7.65. The maximum atomic E-state index is 2.80. The van der Waals surface area contributed by atoms with Gasteiger partial charge in [0.2, 0.25) is 0 Å². The third-order valence-electron chi connectivity index (χ3n) is 7.65. The first-order chi connectivity index (χ1) is 12.3. The molecule has 26 heavy (non-hydrogen) atoms. The largest absolute Gasteiger partial charge is 0.303 e. The lowest BCUT2D eigenvalue weighted by Gasteiger charge is -2.45. The summed E-state index contributed by atoms with van der Waals surface area (Å²) in [5.74, 6) is 0.863. The van der Waals surface area contributed by atoms with Crippen molar-refractivity contribution in [3.8, 4) is 0 Å². The van der Waals surface area contributed by atoms with E-state index in [4.69, 9.17) is 0 Å². The highest BCUT2D eigenvalue weighted by Gasteiger charge is 2.45. The Morgan fingerprint density at radius 2 is 1.35 bits per heavy atom. The van der Waals surface area contributed by atoms with Crippen LogP contribution in [0.15, 0.2) is 0 Å². The van der Waals surface area contributed by atoms with Gasteiger partial charge in [-0.2, -0.15) is 0 Å². The van der Waals surface area contributed by atoms with Gasteiger partial charge in [-0.25, -0.2) is 0 Å². The Morgan fingerprint density at radius 3 is 1.85 bits per heavy atom. The average molecular weight is 364 g/mol. The molecule has 0 aromatic heterocycles. The van der Waals surface area contributed by atoms with Crippen LogP contribution in [0.2, 0.25) is 0 Å². The molecule has 1 saturated carbocycles. The molecular formula is C23H45N3. The fourth-order valence-corrected chi connectivity index (χ4v) is 5.51. The highest BCUT2D eigenvalue weighted by Crippen LogP contribution is 2.51. The van der Waals surface area contributed by atoms with E-state index in [1.807, 2.05) is 0 Å². The summed E-state index contributed by atoms with van der Waals surface area (Å²) in [6, 6.07) is 0.761. The first-order valence-electron chi connectivity index (χ1n) is 11.5. The van der Waals surface area contributed by atoms with Crippen molar-refractivity contribution in [2.24, 2.45) is 16.7 Å². The number of rotatable bonds is 8. The topological polar surface area (TPSA) is 9.72 Å². The number of likely N-dealkylation sites (tertiary alicyclic amines) is 1. The SMILES string of the molecule is CCC(C)N1CCN(CC2(C)CCN(CC3(CC(C)C)CC3)CC2)CC1. The number of piperidine rings is 1. The van der Waals surface area contributed by atoms with Crippen LogP contribution in [0.1, 0.15) is 73.1 Å². The van der Waals surface area contributed by atoms with Crippen LogP contribution in [0.4, 0.5) is 0 Å². The molecule has 1 atom stereocenters. The Morgan fingerprint density at radius 1 is 0.769 bits per heavy atom. The molecule has 2 saturated heterocycles. The first kappa shape index (κ1) is 20.6. The van der Waals surface area contributed by atoms with Gasteiger partial charge in [0.05, 0.1) is 0 Å². The molecule has 1 aliphatic carbocycles. The summed E-state index contributed by atoms with van der Waals surface area (Å²) in [4.78, 5) is 8.25. The summed E-state index contributed by atoms with van der Waals surface area (Å²) < 4.78 is 0. The smallest absolute Gasteiger partial charge is 0.0113 e. The van der Waals surface area contributed by atoms with Gasteiger partial charge in [0.1, 0.15) is 0 Å². The molecule has 3 rings (SSSR count). The minimum Gasteiger partial charge on any atom is -0.303 e. The quantitative estimate of drug-likeness (QED) is 0.635. The summed E-state index contributed by atoms with van der Waals surface area (Å²) in [5, 5.41) is 0. The van der Waals surface area contributed by atoms with E-state index in [1.165, 1.54) is 90.9 Å². The lowest BCUT2D eigenvalue weighted by atomic mass is 9.79. The molecule has 0 bridgehead atoms. The maximum Gasteiger partial charge on any atom is 0.0113 e. The molecule has 3 nitrogen and oxygen atoms in total. The highest BCUT2D eigenvalue weighted by atomic mass is 15.3. The van der Waals surface area contributed by atoms with Crippen molar-refractivity contribution in [3.05, 3.63) is 0 Å². The fraction of sp³-hybridized carbons (Fsp3) is 1.00. The summed E-state index contributed by atoms with van der Waals surface area (Å²) >= 11 is 0. The van der Waals surface area contributed by atoms with Gasteiger partial charge in [-0.3, -0.25) is 4.90 Å². The van der Waals surface area contributed by atoms with Crippen LogP contribution >= 0.6 is 0 Å². The van der Waals surface area contributed by atoms with Gasteiger partial charge in [0, 0.05) is 45.3 Å². The standard InChI is InChI=1S/C23H45N3/c1-6-21(4)26-15-13-25(14-16-26)18-22(5)9-11-24(12-10-22)19-23(7-8-23)17-20(2)3/h20-21H,6-19H2,1-5H3. The van der Waals surface area contributed by atoms with Crippen molar-refractivity contribution >= 4 is 0 Å². The maximum absolute atomic E-state index is 2.80. The van der Waals surface area contributed by atoms with Crippen LogP contribution in [0.5, 0.6) is 0 Å². The van der Waals surface area contributed by atoms with E-state index in [2.05, 4.69) is 49.3 Å². The van der Waals surface area contributed by atoms with Crippen LogP contribution in [-0.2, 0) is 0 Å². The second kappa shape index (κ2) is 8.49. The van der Waals surface area contributed by atoms with Crippen molar-refractivity contribution in [1.29, 1.82) is 0 Å². The zero-order chi connectivity index (χ0) is 18.8. The highest BCUT2D eigenvalue weighted by molar-refractivity contribution is 4.97. The summed E-state index contributed by atoms with van der Waals surface area (Å²) in [5.41, 5.74) is 1.25. The molecule has 152 valence electrons. The predicted molar refractivity (Wildman–Crippen MR) is 113 cm³/mol. The predicted octanol–water partition coefficient (Wildman–Crippen LogP) is 4.33. The van der Waals surface area contributed by atoms with E-state index < -0.39 is 0 Å². The zero-order valence-corrected chi connectivity index (χ0v) is 18.4. The monoisotopic (exact) mass is 363 g/mol. The number of hydrogen-bond donors (Lipinski definition) is 0. The van der Waals surface area contributed by atoms with Crippen molar-refractivity contribution in [1.82, 2.24) is 14.7 Å². The Labute approximate surface area is 163 Å². The van der Waals surface area contributed by atoms with Crippen LogP contribution in [-0.4, -0.2) is 73.1 Å². The normalized spacial score (nSPS) is 28.4. The van der Waals surface area contributed by atoms with E-state index in [0.29, 0.717) is 10.8 Å². The molecule has 0 aromatic rings. The molecule has 3 aliphatic rings. The summed E-state index contributed by atoms with van der Waals surface area (Å²) in [6.07, 6.45) is 8.50. The molecule has 0 N–H and O–H groups in total. The van der Waals surface area contributed by atoms with Gasteiger partial charge in [-0.15, -0.1) is 0 Å². The molecule has 0 amide bonds.